The zero-order valence-corrected chi connectivity index (χ0v) is 9.38. The molecule has 2 aromatic rings. The van der Waals surface area contributed by atoms with Crippen molar-refractivity contribution in [3.63, 3.8) is 0 Å². The van der Waals surface area contributed by atoms with Crippen LogP contribution in [-0.4, -0.2) is 12.2 Å². The van der Waals surface area contributed by atoms with Crippen molar-refractivity contribution < 1.29 is 14.6 Å². The molecule has 0 heterocycles. The Hall–Kier alpha value is -2.36. The molecule has 3 N–H and O–H groups in total. The van der Waals surface area contributed by atoms with Crippen LogP contribution in [0.5, 0.6) is 23.0 Å². The van der Waals surface area contributed by atoms with Gasteiger partial charge in [-0.3, -0.25) is 0 Å². The summed E-state index contributed by atoms with van der Waals surface area (Å²) in [7, 11) is 1.58. The van der Waals surface area contributed by atoms with E-state index in [0.717, 1.165) is 0 Å². The first-order chi connectivity index (χ1) is 8.19. The van der Waals surface area contributed by atoms with Gasteiger partial charge in [0.15, 0.2) is 5.75 Å². The van der Waals surface area contributed by atoms with E-state index in [1.807, 2.05) is 0 Å². The molecule has 0 aliphatic heterocycles. The van der Waals surface area contributed by atoms with Crippen LogP contribution < -0.4 is 15.2 Å². The van der Waals surface area contributed by atoms with Crippen LogP contribution >= 0.6 is 0 Å². The van der Waals surface area contributed by atoms with E-state index in [2.05, 4.69) is 0 Å². The van der Waals surface area contributed by atoms with E-state index in [9.17, 15) is 0 Å². The fourth-order valence-electron chi connectivity index (χ4n) is 1.39. The topological polar surface area (TPSA) is 64.7 Å². The Bertz CT molecular complexity index is 509. The lowest BCUT2D eigenvalue weighted by Crippen LogP contribution is -1.93. The lowest BCUT2D eigenvalue weighted by atomic mass is 10.2. The minimum atomic E-state index is 0.194. The minimum absolute atomic E-state index is 0.194. The number of ether oxygens (including phenoxy) is 2. The summed E-state index contributed by atoms with van der Waals surface area (Å²) in [4.78, 5) is 0. The second-order valence-electron chi connectivity index (χ2n) is 3.50. The fraction of sp³-hybridized carbons (Fsp3) is 0.0769. The van der Waals surface area contributed by atoms with Crippen LogP contribution in [0, 0.1) is 0 Å². The van der Waals surface area contributed by atoms with Crippen molar-refractivity contribution >= 4 is 5.69 Å². The Morgan fingerprint density at radius 1 is 1.00 bits per heavy atom. The second kappa shape index (κ2) is 4.65. The Morgan fingerprint density at radius 2 is 1.65 bits per heavy atom. The highest BCUT2D eigenvalue weighted by Gasteiger charge is 2.03. The Kier molecular flexibility index (Phi) is 3.05. The van der Waals surface area contributed by atoms with E-state index in [1.54, 1.807) is 49.6 Å². The van der Waals surface area contributed by atoms with Gasteiger partial charge in [0.1, 0.15) is 17.2 Å². The number of hydrogen-bond donors (Lipinski definition) is 2. The molecule has 2 rings (SSSR count). The largest absolute Gasteiger partial charge is 0.508 e. The van der Waals surface area contributed by atoms with Crippen LogP contribution in [0.15, 0.2) is 42.5 Å². The Balaban J connectivity index is 2.21. The average molecular weight is 231 g/mol. The monoisotopic (exact) mass is 231 g/mol. The van der Waals surface area contributed by atoms with Crippen molar-refractivity contribution in [1.29, 1.82) is 0 Å². The summed E-state index contributed by atoms with van der Waals surface area (Å²) in [6, 6.07) is 11.6. The van der Waals surface area contributed by atoms with E-state index in [1.165, 1.54) is 0 Å². The number of hydrogen-bond acceptors (Lipinski definition) is 4. The highest BCUT2D eigenvalue weighted by atomic mass is 16.5. The van der Waals surface area contributed by atoms with Crippen LogP contribution in [0.4, 0.5) is 5.69 Å². The molecule has 0 amide bonds. The van der Waals surface area contributed by atoms with Crippen LogP contribution in [0.25, 0.3) is 0 Å². The first-order valence-corrected chi connectivity index (χ1v) is 5.09. The van der Waals surface area contributed by atoms with Crippen molar-refractivity contribution in [2.45, 2.75) is 0 Å². The first-order valence-electron chi connectivity index (χ1n) is 5.09. The smallest absolute Gasteiger partial charge is 0.150 e. The van der Waals surface area contributed by atoms with Gasteiger partial charge in [0.25, 0.3) is 0 Å². The van der Waals surface area contributed by atoms with Crippen molar-refractivity contribution in [3.05, 3.63) is 42.5 Å². The molecule has 4 nitrogen and oxygen atoms in total. The highest BCUT2D eigenvalue weighted by molar-refractivity contribution is 5.57. The zero-order valence-electron chi connectivity index (χ0n) is 9.38. The van der Waals surface area contributed by atoms with Gasteiger partial charge in [-0.15, -0.1) is 0 Å². The number of methoxy groups -OCH3 is 1. The number of nitrogen functional groups attached to an aromatic ring is 1. The standard InChI is InChI=1S/C13H13NO3/c1-16-11-6-7-13(12(14)8-11)17-10-4-2-9(15)3-5-10/h2-8,15H,14H2,1H3. The zero-order chi connectivity index (χ0) is 12.3. The molecule has 0 spiro atoms. The fourth-order valence-corrected chi connectivity index (χ4v) is 1.39. The number of phenols is 1. The van der Waals surface area contributed by atoms with E-state index in [-0.39, 0.29) is 5.75 Å². The summed E-state index contributed by atoms with van der Waals surface area (Å²) in [6.45, 7) is 0. The number of aromatic hydroxyl groups is 1. The maximum atomic E-state index is 9.15. The summed E-state index contributed by atoms with van der Waals surface area (Å²) in [5.41, 5.74) is 6.32. The Labute approximate surface area is 99.2 Å². The van der Waals surface area contributed by atoms with Crippen molar-refractivity contribution in [3.8, 4) is 23.0 Å². The molecule has 0 saturated heterocycles. The predicted molar refractivity (Wildman–Crippen MR) is 65.6 cm³/mol. The summed E-state index contributed by atoms with van der Waals surface area (Å²) in [6.07, 6.45) is 0. The van der Waals surface area contributed by atoms with Gasteiger partial charge in [0, 0.05) is 6.07 Å². The normalized spacial score (nSPS) is 9.94. The molecule has 2 aromatic carbocycles. The summed E-state index contributed by atoms with van der Waals surface area (Å²) < 4.78 is 10.6. The van der Waals surface area contributed by atoms with E-state index < -0.39 is 0 Å². The van der Waals surface area contributed by atoms with E-state index in [4.69, 9.17) is 20.3 Å². The molecule has 17 heavy (non-hydrogen) atoms. The molecule has 88 valence electrons. The van der Waals surface area contributed by atoms with Crippen LogP contribution in [0.3, 0.4) is 0 Å². The molecular formula is C13H13NO3. The molecular weight excluding hydrogens is 218 g/mol. The molecule has 4 heteroatoms. The summed E-state index contributed by atoms with van der Waals surface area (Å²) in [5.74, 6) is 2.04. The molecule has 0 saturated carbocycles. The number of rotatable bonds is 3. The molecule has 0 radical (unpaired) electrons. The molecule has 0 aliphatic rings. The predicted octanol–water partition coefficient (Wildman–Crippen LogP) is 2.78. The van der Waals surface area contributed by atoms with Gasteiger partial charge in [-0.2, -0.15) is 0 Å². The van der Waals surface area contributed by atoms with Crippen LogP contribution in [0.2, 0.25) is 0 Å². The maximum Gasteiger partial charge on any atom is 0.150 e. The number of anilines is 1. The third-order valence-electron chi connectivity index (χ3n) is 2.28. The molecule has 0 fully saturated rings. The quantitative estimate of drug-likeness (QED) is 0.797. The summed E-state index contributed by atoms with van der Waals surface area (Å²) in [5, 5.41) is 9.15. The van der Waals surface area contributed by atoms with Gasteiger partial charge in [-0.1, -0.05) is 0 Å². The van der Waals surface area contributed by atoms with Crippen molar-refractivity contribution in [2.24, 2.45) is 0 Å². The maximum absolute atomic E-state index is 9.15. The third kappa shape index (κ3) is 2.60. The lowest BCUT2D eigenvalue weighted by molar-refractivity contribution is 0.413. The highest BCUT2D eigenvalue weighted by Crippen LogP contribution is 2.31. The lowest BCUT2D eigenvalue weighted by Gasteiger charge is -2.09. The Morgan fingerprint density at radius 3 is 2.24 bits per heavy atom. The van der Waals surface area contributed by atoms with Crippen molar-refractivity contribution in [1.82, 2.24) is 0 Å². The molecule has 0 unspecified atom stereocenters. The molecule has 0 aromatic heterocycles. The van der Waals surface area contributed by atoms with Gasteiger partial charge in [0.05, 0.1) is 12.8 Å². The molecule has 0 atom stereocenters. The first kappa shape index (κ1) is 11.1. The summed E-state index contributed by atoms with van der Waals surface area (Å²) >= 11 is 0. The van der Waals surface area contributed by atoms with Gasteiger partial charge in [-0.25, -0.2) is 0 Å². The average Bonchev–Trinajstić information content (AvgIpc) is 2.34. The van der Waals surface area contributed by atoms with E-state index in [0.29, 0.717) is 22.9 Å². The van der Waals surface area contributed by atoms with Gasteiger partial charge in [0.2, 0.25) is 0 Å². The van der Waals surface area contributed by atoms with Crippen LogP contribution in [0.1, 0.15) is 0 Å². The van der Waals surface area contributed by atoms with Gasteiger partial charge in [-0.05, 0) is 36.4 Å². The van der Waals surface area contributed by atoms with Gasteiger partial charge < -0.3 is 20.3 Å². The molecule has 0 bridgehead atoms. The SMILES string of the molecule is COc1ccc(Oc2ccc(O)cc2)c(N)c1. The third-order valence-corrected chi connectivity index (χ3v) is 2.28. The van der Waals surface area contributed by atoms with E-state index >= 15 is 0 Å². The second-order valence-corrected chi connectivity index (χ2v) is 3.50. The van der Waals surface area contributed by atoms with Gasteiger partial charge >= 0.3 is 0 Å². The van der Waals surface area contributed by atoms with Crippen molar-refractivity contribution in [2.75, 3.05) is 12.8 Å². The van der Waals surface area contributed by atoms with Crippen LogP contribution in [-0.2, 0) is 0 Å². The number of phenolic OH excluding ortho intramolecular Hbond substituents is 1. The number of benzene rings is 2. The molecule has 0 aliphatic carbocycles. The minimum Gasteiger partial charge on any atom is -0.508 e. The number of nitrogens with two attached hydrogens (primary N) is 1.